The van der Waals surface area contributed by atoms with Gasteiger partial charge in [0.25, 0.3) is 0 Å². The maximum atomic E-state index is 12.4. The zero-order valence-corrected chi connectivity index (χ0v) is 21.8. The topological polar surface area (TPSA) is 52.6 Å². The standard InChI is InChI=1S/C28H34O4S2/c1-28(2,3)23-16-17-26(31-18-10-20-33(29)24-12-6-4-7-13-24)27(22-23)32-19-11-21-34(30)25-14-8-5-9-15-25/h4-9,12-17,22H,10-11,18-21H2,1-3H3. The lowest BCUT2D eigenvalue weighted by Gasteiger charge is -2.21. The molecule has 6 heteroatoms. The molecule has 0 amide bonds. The highest BCUT2D eigenvalue weighted by molar-refractivity contribution is 7.85. The lowest BCUT2D eigenvalue weighted by Crippen LogP contribution is -2.13. The van der Waals surface area contributed by atoms with Crippen LogP contribution in [0.15, 0.2) is 88.7 Å². The van der Waals surface area contributed by atoms with E-state index in [-0.39, 0.29) is 5.41 Å². The molecule has 0 radical (unpaired) electrons. The SMILES string of the molecule is CC(C)(C)c1ccc(OCCCS(=O)c2ccccc2)c(OCCCS(=O)c2ccccc2)c1. The Labute approximate surface area is 208 Å². The van der Waals surface area contributed by atoms with Crippen molar-refractivity contribution < 1.29 is 17.9 Å². The van der Waals surface area contributed by atoms with Gasteiger partial charge in [0, 0.05) is 21.3 Å². The number of ether oxygens (including phenoxy) is 2. The average molecular weight is 499 g/mol. The van der Waals surface area contributed by atoms with E-state index in [4.69, 9.17) is 9.47 Å². The van der Waals surface area contributed by atoms with Gasteiger partial charge in [-0.05, 0) is 60.2 Å². The molecule has 0 N–H and O–H groups in total. The Hall–Kier alpha value is -2.44. The van der Waals surface area contributed by atoms with Gasteiger partial charge >= 0.3 is 0 Å². The normalized spacial score (nSPS) is 13.3. The Morgan fingerprint density at radius 3 is 1.59 bits per heavy atom. The van der Waals surface area contributed by atoms with E-state index in [1.54, 1.807) is 0 Å². The molecule has 3 aromatic carbocycles. The van der Waals surface area contributed by atoms with Crippen LogP contribution in [0, 0.1) is 0 Å². The van der Waals surface area contributed by atoms with Gasteiger partial charge in [0.15, 0.2) is 11.5 Å². The Balaban J connectivity index is 1.55. The molecule has 3 rings (SSSR count). The molecule has 0 bridgehead atoms. The summed E-state index contributed by atoms with van der Waals surface area (Å²) in [4.78, 5) is 1.68. The Bertz CT molecular complexity index is 1080. The first-order valence-corrected chi connectivity index (χ1v) is 14.3. The monoisotopic (exact) mass is 498 g/mol. The summed E-state index contributed by atoms with van der Waals surface area (Å²) in [7, 11) is -2.06. The highest BCUT2D eigenvalue weighted by Gasteiger charge is 2.17. The van der Waals surface area contributed by atoms with Gasteiger partial charge in [-0.3, -0.25) is 8.42 Å². The predicted octanol–water partition coefficient (Wildman–Crippen LogP) is 6.14. The van der Waals surface area contributed by atoms with Crippen molar-refractivity contribution in [2.45, 2.75) is 48.8 Å². The quantitative estimate of drug-likeness (QED) is 0.282. The van der Waals surface area contributed by atoms with Crippen LogP contribution in [0.2, 0.25) is 0 Å². The van der Waals surface area contributed by atoms with E-state index >= 15 is 0 Å². The van der Waals surface area contributed by atoms with Crippen molar-refractivity contribution in [2.24, 2.45) is 0 Å². The summed E-state index contributed by atoms with van der Waals surface area (Å²) in [6.07, 6.45) is 1.36. The molecular weight excluding hydrogens is 464 g/mol. The molecule has 182 valence electrons. The van der Waals surface area contributed by atoms with Crippen molar-refractivity contribution in [3.63, 3.8) is 0 Å². The van der Waals surface area contributed by atoms with Gasteiger partial charge in [0.05, 0.1) is 34.8 Å². The fourth-order valence-electron chi connectivity index (χ4n) is 3.33. The maximum Gasteiger partial charge on any atom is 0.161 e. The van der Waals surface area contributed by atoms with E-state index in [0.717, 1.165) is 15.4 Å². The summed E-state index contributed by atoms with van der Waals surface area (Å²) in [6, 6.07) is 25.1. The maximum absolute atomic E-state index is 12.4. The molecule has 2 atom stereocenters. The minimum atomic E-state index is -1.03. The smallest absolute Gasteiger partial charge is 0.161 e. The van der Waals surface area contributed by atoms with Crippen LogP contribution in [0.1, 0.15) is 39.2 Å². The molecule has 0 fully saturated rings. The molecule has 0 aromatic heterocycles. The van der Waals surface area contributed by atoms with Crippen LogP contribution in [0.3, 0.4) is 0 Å². The fraction of sp³-hybridized carbons (Fsp3) is 0.357. The Morgan fingerprint density at radius 2 is 1.12 bits per heavy atom. The van der Waals surface area contributed by atoms with Gasteiger partial charge in [0.1, 0.15) is 0 Å². The average Bonchev–Trinajstić information content (AvgIpc) is 2.85. The second kappa shape index (κ2) is 12.9. The van der Waals surface area contributed by atoms with Gasteiger partial charge in [-0.2, -0.15) is 0 Å². The van der Waals surface area contributed by atoms with Crippen LogP contribution < -0.4 is 9.47 Å². The summed E-state index contributed by atoms with van der Waals surface area (Å²) >= 11 is 0. The van der Waals surface area contributed by atoms with Gasteiger partial charge in [-0.25, -0.2) is 0 Å². The minimum absolute atomic E-state index is 0.0158. The molecule has 0 heterocycles. The second-order valence-corrected chi connectivity index (χ2v) is 12.2. The van der Waals surface area contributed by atoms with E-state index in [0.29, 0.717) is 49.1 Å². The van der Waals surface area contributed by atoms with Crippen molar-refractivity contribution in [3.05, 3.63) is 84.4 Å². The number of benzene rings is 3. The van der Waals surface area contributed by atoms with Crippen LogP contribution in [0.5, 0.6) is 11.5 Å². The third-order valence-corrected chi connectivity index (χ3v) is 8.20. The van der Waals surface area contributed by atoms with Gasteiger partial charge in [-0.15, -0.1) is 0 Å². The molecule has 2 unspecified atom stereocenters. The lowest BCUT2D eigenvalue weighted by molar-refractivity contribution is 0.268. The Morgan fingerprint density at radius 1 is 0.647 bits per heavy atom. The van der Waals surface area contributed by atoms with E-state index in [9.17, 15) is 8.42 Å². The van der Waals surface area contributed by atoms with Gasteiger partial charge in [0.2, 0.25) is 0 Å². The molecule has 0 saturated carbocycles. The van der Waals surface area contributed by atoms with Crippen LogP contribution in [-0.4, -0.2) is 33.1 Å². The summed E-state index contributed by atoms with van der Waals surface area (Å²) < 4.78 is 37.0. The summed E-state index contributed by atoms with van der Waals surface area (Å²) in [5.74, 6) is 2.47. The molecule has 0 spiro atoms. The third-order valence-electron chi connectivity index (χ3n) is 5.29. The number of rotatable bonds is 12. The number of hydrogen-bond acceptors (Lipinski definition) is 4. The molecule has 4 nitrogen and oxygen atoms in total. The van der Waals surface area contributed by atoms with E-state index in [2.05, 4.69) is 26.8 Å². The minimum Gasteiger partial charge on any atom is -0.490 e. The third kappa shape index (κ3) is 8.10. The molecule has 34 heavy (non-hydrogen) atoms. The second-order valence-electron chi connectivity index (χ2n) is 9.04. The first-order valence-electron chi connectivity index (χ1n) is 11.6. The first kappa shape index (κ1) is 26.2. The van der Waals surface area contributed by atoms with Crippen LogP contribution in [0.25, 0.3) is 0 Å². The largest absolute Gasteiger partial charge is 0.490 e. The van der Waals surface area contributed by atoms with Crippen molar-refractivity contribution in [1.82, 2.24) is 0 Å². The predicted molar refractivity (Wildman–Crippen MR) is 141 cm³/mol. The van der Waals surface area contributed by atoms with Crippen LogP contribution >= 0.6 is 0 Å². The zero-order valence-electron chi connectivity index (χ0n) is 20.2. The van der Waals surface area contributed by atoms with Crippen molar-refractivity contribution >= 4 is 21.6 Å². The molecule has 0 aliphatic heterocycles. The highest BCUT2D eigenvalue weighted by Crippen LogP contribution is 2.33. The van der Waals surface area contributed by atoms with Crippen LogP contribution in [-0.2, 0) is 27.0 Å². The first-order chi connectivity index (χ1) is 16.3. The van der Waals surface area contributed by atoms with Gasteiger partial charge < -0.3 is 9.47 Å². The van der Waals surface area contributed by atoms with Gasteiger partial charge in [-0.1, -0.05) is 63.2 Å². The highest BCUT2D eigenvalue weighted by atomic mass is 32.2. The van der Waals surface area contributed by atoms with Crippen molar-refractivity contribution in [1.29, 1.82) is 0 Å². The summed E-state index contributed by atoms with van der Waals surface area (Å²) in [6.45, 7) is 7.40. The summed E-state index contributed by atoms with van der Waals surface area (Å²) in [5, 5.41) is 0. The molecule has 0 aliphatic carbocycles. The van der Waals surface area contributed by atoms with Crippen molar-refractivity contribution in [2.75, 3.05) is 24.7 Å². The van der Waals surface area contributed by atoms with Crippen molar-refractivity contribution in [3.8, 4) is 11.5 Å². The molecular formula is C28H34O4S2. The Kier molecular flexibility index (Phi) is 9.90. The number of hydrogen-bond donors (Lipinski definition) is 0. The van der Waals surface area contributed by atoms with E-state index in [1.807, 2.05) is 72.8 Å². The van der Waals surface area contributed by atoms with Crippen LogP contribution in [0.4, 0.5) is 0 Å². The molecule has 3 aromatic rings. The lowest BCUT2D eigenvalue weighted by atomic mass is 9.87. The molecule has 0 saturated heterocycles. The zero-order chi connectivity index (χ0) is 24.4. The summed E-state index contributed by atoms with van der Waals surface area (Å²) in [5.41, 5.74) is 1.14. The fourth-order valence-corrected chi connectivity index (χ4v) is 5.48. The van der Waals surface area contributed by atoms with E-state index in [1.165, 1.54) is 0 Å². The van der Waals surface area contributed by atoms with E-state index < -0.39 is 21.6 Å². The molecule has 0 aliphatic rings.